The van der Waals surface area contributed by atoms with Gasteiger partial charge in [0.2, 0.25) is 0 Å². The Morgan fingerprint density at radius 1 is 0.750 bits per heavy atom. The molecule has 1 atom stereocenters. The molecule has 4 rings (SSSR count). The Bertz CT molecular complexity index is 798. The highest BCUT2D eigenvalue weighted by Gasteiger charge is 2.25. The summed E-state index contributed by atoms with van der Waals surface area (Å²) in [5.41, 5.74) is 0. The normalized spacial score (nSPS) is 17.2. The molecule has 28 heavy (non-hydrogen) atoms. The summed E-state index contributed by atoms with van der Waals surface area (Å²) in [4.78, 5) is 0. The van der Waals surface area contributed by atoms with Crippen molar-refractivity contribution in [1.82, 2.24) is 0 Å². The molecule has 144 valence electrons. The molecule has 1 heterocycles. The summed E-state index contributed by atoms with van der Waals surface area (Å²) in [6.45, 7) is -0.539. The van der Waals surface area contributed by atoms with Crippen LogP contribution in [0.2, 0.25) is 0 Å². The lowest BCUT2D eigenvalue weighted by molar-refractivity contribution is -0.152. The molecular weight excluding hydrogens is 363 g/mol. The zero-order valence-corrected chi connectivity index (χ0v) is 17.0. The summed E-state index contributed by atoms with van der Waals surface area (Å²) in [5.74, 6) is 2.41. The maximum Gasteiger partial charge on any atom is 0.158 e. The van der Waals surface area contributed by atoms with Crippen LogP contribution in [0.3, 0.4) is 0 Å². The second kappa shape index (κ2) is 9.39. The molecule has 0 saturated carbocycles. The summed E-state index contributed by atoms with van der Waals surface area (Å²) in [7, 11) is 0. The van der Waals surface area contributed by atoms with Crippen LogP contribution in [0, 0.1) is 0 Å². The van der Waals surface area contributed by atoms with Gasteiger partial charge in [-0.2, -0.15) is 0 Å². The van der Waals surface area contributed by atoms with E-state index in [0.29, 0.717) is 6.61 Å². The Kier molecular flexibility index (Phi) is 6.44. The number of hydrogen-bond donors (Lipinski definition) is 0. The van der Waals surface area contributed by atoms with E-state index < -0.39 is 6.89 Å². The first-order valence-electron chi connectivity index (χ1n) is 10.0. The molecule has 1 aliphatic rings. The minimum Gasteiger partial charge on any atom is -0.353 e. The SMILES string of the molecule is C(COC1CCCCO1)=P(c1ccccc1)(c1ccccc1)c1ccccc1. The summed E-state index contributed by atoms with van der Waals surface area (Å²) in [6, 6.07) is 32.6. The number of ether oxygens (including phenoxy) is 2. The van der Waals surface area contributed by atoms with Crippen molar-refractivity contribution < 1.29 is 9.47 Å². The predicted molar refractivity (Wildman–Crippen MR) is 121 cm³/mol. The molecule has 0 aliphatic carbocycles. The van der Waals surface area contributed by atoms with Gasteiger partial charge >= 0.3 is 0 Å². The first-order valence-corrected chi connectivity index (χ1v) is 11.9. The van der Waals surface area contributed by atoms with Gasteiger partial charge in [-0.1, -0.05) is 91.0 Å². The van der Waals surface area contributed by atoms with Crippen molar-refractivity contribution in [3.8, 4) is 0 Å². The van der Waals surface area contributed by atoms with E-state index in [9.17, 15) is 0 Å². The molecule has 0 spiro atoms. The van der Waals surface area contributed by atoms with Crippen LogP contribution in [0.4, 0.5) is 0 Å². The molecule has 3 heteroatoms. The molecule has 1 aliphatic heterocycles. The monoisotopic (exact) mass is 390 g/mol. The van der Waals surface area contributed by atoms with Gasteiger partial charge in [0.1, 0.15) is 0 Å². The third-order valence-corrected chi connectivity index (χ3v) is 9.29. The van der Waals surface area contributed by atoms with Gasteiger partial charge in [-0.25, -0.2) is 0 Å². The molecule has 0 aromatic heterocycles. The molecule has 1 fully saturated rings. The quantitative estimate of drug-likeness (QED) is 0.584. The Morgan fingerprint density at radius 3 is 1.68 bits per heavy atom. The molecular formula is C25H27O2P. The van der Waals surface area contributed by atoms with Crippen LogP contribution in [-0.2, 0) is 9.47 Å². The van der Waals surface area contributed by atoms with Crippen molar-refractivity contribution in [3.05, 3.63) is 91.0 Å². The van der Waals surface area contributed by atoms with Crippen molar-refractivity contribution in [2.75, 3.05) is 13.2 Å². The van der Waals surface area contributed by atoms with Gasteiger partial charge in [0.25, 0.3) is 0 Å². The van der Waals surface area contributed by atoms with Crippen molar-refractivity contribution in [1.29, 1.82) is 0 Å². The fourth-order valence-electron chi connectivity index (χ4n) is 3.86. The summed E-state index contributed by atoms with van der Waals surface area (Å²) < 4.78 is 11.9. The number of hydrogen-bond acceptors (Lipinski definition) is 2. The lowest BCUT2D eigenvalue weighted by Gasteiger charge is -2.29. The van der Waals surface area contributed by atoms with E-state index in [-0.39, 0.29) is 6.29 Å². The minimum absolute atomic E-state index is 0.0748. The summed E-state index contributed by atoms with van der Waals surface area (Å²) >= 11 is 0. The van der Waals surface area contributed by atoms with Crippen LogP contribution in [-0.4, -0.2) is 25.3 Å². The molecule has 1 unspecified atom stereocenters. The van der Waals surface area contributed by atoms with Gasteiger partial charge in [0.05, 0.1) is 6.61 Å². The zero-order valence-electron chi connectivity index (χ0n) is 16.1. The molecule has 2 nitrogen and oxygen atoms in total. The topological polar surface area (TPSA) is 18.5 Å². The zero-order chi connectivity index (χ0) is 19.1. The molecule has 0 bridgehead atoms. The van der Waals surface area contributed by atoms with Gasteiger partial charge in [0, 0.05) is 6.61 Å². The molecule has 0 N–H and O–H groups in total. The predicted octanol–water partition coefficient (Wildman–Crippen LogP) is 4.33. The van der Waals surface area contributed by atoms with E-state index >= 15 is 0 Å². The summed E-state index contributed by atoms with van der Waals surface area (Å²) in [6.07, 6.45) is 3.23. The van der Waals surface area contributed by atoms with E-state index in [1.165, 1.54) is 22.3 Å². The molecule has 3 aromatic carbocycles. The van der Waals surface area contributed by atoms with E-state index in [0.717, 1.165) is 19.4 Å². The first kappa shape index (κ1) is 19.2. The number of benzene rings is 3. The van der Waals surface area contributed by atoms with Crippen molar-refractivity contribution in [2.24, 2.45) is 0 Å². The molecule has 1 saturated heterocycles. The van der Waals surface area contributed by atoms with Gasteiger partial charge in [-0.05, 0) is 47.9 Å². The van der Waals surface area contributed by atoms with E-state index in [4.69, 9.17) is 9.47 Å². The average Bonchev–Trinajstić information content (AvgIpc) is 2.79. The Morgan fingerprint density at radius 2 is 1.25 bits per heavy atom. The van der Waals surface area contributed by atoms with Gasteiger partial charge in [-0.15, -0.1) is 0 Å². The third-order valence-electron chi connectivity index (χ3n) is 5.26. The smallest absolute Gasteiger partial charge is 0.158 e. The number of rotatable bonds is 6. The van der Waals surface area contributed by atoms with Crippen LogP contribution in [0.15, 0.2) is 91.0 Å². The van der Waals surface area contributed by atoms with Gasteiger partial charge in [0.15, 0.2) is 6.29 Å². The maximum atomic E-state index is 6.15. The fourth-order valence-corrected chi connectivity index (χ4v) is 7.62. The Balaban J connectivity index is 1.82. The van der Waals surface area contributed by atoms with Crippen LogP contribution in [0.5, 0.6) is 0 Å². The molecule has 3 aromatic rings. The van der Waals surface area contributed by atoms with Crippen molar-refractivity contribution in [3.63, 3.8) is 0 Å². The van der Waals surface area contributed by atoms with Gasteiger partial charge < -0.3 is 9.47 Å². The largest absolute Gasteiger partial charge is 0.353 e. The Labute approximate surface area is 168 Å². The van der Waals surface area contributed by atoms with E-state index in [1.807, 2.05) is 0 Å². The first-order chi connectivity index (χ1) is 13.9. The average molecular weight is 390 g/mol. The standard InChI is InChI=1S/C25H27O2P/c1-4-12-22(13-5-1)28(23-14-6-2-7-15-23,24-16-8-3-9-17-24)21-20-27-25-18-10-11-19-26-25/h1-9,12-17,21,25H,10-11,18-20H2. The third kappa shape index (κ3) is 4.15. The van der Waals surface area contributed by atoms with Crippen molar-refractivity contribution in [2.45, 2.75) is 25.6 Å². The van der Waals surface area contributed by atoms with Crippen molar-refractivity contribution >= 4 is 28.6 Å². The van der Waals surface area contributed by atoms with Crippen LogP contribution in [0.1, 0.15) is 19.3 Å². The van der Waals surface area contributed by atoms with E-state index in [2.05, 4.69) is 96.8 Å². The Hall–Kier alpha value is -2.12. The lowest BCUT2D eigenvalue weighted by atomic mass is 10.2. The summed E-state index contributed by atoms with van der Waals surface area (Å²) in [5, 5.41) is 4.04. The fraction of sp³-hybridized carbons (Fsp3) is 0.240. The van der Waals surface area contributed by atoms with Crippen LogP contribution < -0.4 is 15.9 Å². The second-order valence-electron chi connectivity index (χ2n) is 7.04. The second-order valence-corrected chi connectivity index (χ2v) is 10.4. The maximum absolute atomic E-state index is 6.15. The van der Waals surface area contributed by atoms with E-state index in [1.54, 1.807) is 0 Å². The highest BCUT2D eigenvalue weighted by molar-refractivity contribution is 7.94. The van der Waals surface area contributed by atoms with Crippen LogP contribution in [0.25, 0.3) is 0 Å². The molecule has 0 radical (unpaired) electrons. The lowest BCUT2D eigenvalue weighted by Crippen LogP contribution is -2.29. The molecule has 0 amide bonds. The van der Waals surface area contributed by atoms with Crippen LogP contribution >= 0.6 is 6.89 Å². The van der Waals surface area contributed by atoms with Gasteiger partial charge in [-0.3, -0.25) is 0 Å². The highest BCUT2D eigenvalue weighted by Crippen LogP contribution is 2.43. The highest BCUT2D eigenvalue weighted by atomic mass is 31.2. The minimum atomic E-state index is -1.93.